The van der Waals surface area contributed by atoms with Crippen LogP contribution < -0.4 is 14.8 Å². The van der Waals surface area contributed by atoms with Crippen molar-refractivity contribution < 1.29 is 13.2 Å². The third-order valence-corrected chi connectivity index (χ3v) is 4.82. The maximum Gasteiger partial charge on any atom is 0.262 e. The zero-order valence-electron chi connectivity index (χ0n) is 11.6. The Kier molecular flexibility index (Phi) is 3.47. The molecule has 21 heavy (non-hydrogen) atoms. The van der Waals surface area contributed by atoms with E-state index in [1.807, 2.05) is 6.07 Å². The third kappa shape index (κ3) is 2.67. The minimum atomic E-state index is -3.64. The van der Waals surface area contributed by atoms with Crippen LogP contribution in [-0.2, 0) is 16.4 Å². The van der Waals surface area contributed by atoms with E-state index < -0.39 is 10.0 Å². The van der Waals surface area contributed by atoms with Gasteiger partial charge in [-0.05, 0) is 36.2 Å². The van der Waals surface area contributed by atoms with Gasteiger partial charge in [0, 0.05) is 12.2 Å². The smallest absolute Gasteiger partial charge is 0.262 e. The van der Waals surface area contributed by atoms with Crippen molar-refractivity contribution in [2.45, 2.75) is 11.3 Å². The van der Waals surface area contributed by atoms with Crippen LogP contribution in [-0.4, -0.2) is 22.1 Å². The summed E-state index contributed by atoms with van der Waals surface area (Å²) < 4.78 is 32.7. The van der Waals surface area contributed by atoms with Crippen molar-refractivity contribution in [2.24, 2.45) is 0 Å². The number of benzene rings is 2. The average Bonchev–Trinajstić information content (AvgIpc) is 2.95. The first kappa shape index (κ1) is 13.8. The molecule has 0 aromatic heterocycles. The second-order valence-electron chi connectivity index (χ2n) is 4.80. The summed E-state index contributed by atoms with van der Waals surface area (Å²) in [5.41, 5.74) is 2.46. The van der Waals surface area contributed by atoms with E-state index >= 15 is 0 Å². The van der Waals surface area contributed by atoms with Crippen molar-refractivity contribution in [1.29, 1.82) is 0 Å². The number of ether oxygens (including phenoxy) is 1. The fourth-order valence-electron chi connectivity index (χ4n) is 2.37. The predicted molar refractivity (Wildman–Crippen MR) is 82.4 cm³/mol. The Morgan fingerprint density at radius 2 is 2.00 bits per heavy atom. The van der Waals surface area contributed by atoms with Crippen molar-refractivity contribution in [1.82, 2.24) is 0 Å². The highest BCUT2D eigenvalue weighted by molar-refractivity contribution is 7.92. The van der Waals surface area contributed by atoms with Crippen molar-refractivity contribution in [3.63, 3.8) is 0 Å². The number of sulfonamides is 1. The molecule has 1 aliphatic heterocycles. The fourth-order valence-corrected chi connectivity index (χ4v) is 3.47. The van der Waals surface area contributed by atoms with Crippen LogP contribution in [0.4, 0.5) is 11.4 Å². The maximum atomic E-state index is 12.5. The van der Waals surface area contributed by atoms with Crippen LogP contribution in [0.1, 0.15) is 5.56 Å². The number of methoxy groups -OCH3 is 1. The molecule has 5 nitrogen and oxygen atoms in total. The number of nitrogens with one attached hydrogen (secondary N) is 2. The lowest BCUT2D eigenvalue weighted by Gasteiger charge is -2.12. The van der Waals surface area contributed by atoms with Gasteiger partial charge in [-0.15, -0.1) is 0 Å². The van der Waals surface area contributed by atoms with E-state index in [2.05, 4.69) is 10.0 Å². The van der Waals surface area contributed by atoms with Crippen LogP contribution in [0.2, 0.25) is 0 Å². The van der Waals surface area contributed by atoms with Crippen LogP contribution in [0.25, 0.3) is 0 Å². The molecule has 0 radical (unpaired) electrons. The average molecular weight is 304 g/mol. The lowest BCUT2D eigenvalue weighted by molar-refractivity contribution is 0.417. The summed E-state index contributed by atoms with van der Waals surface area (Å²) in [4.78, 5) is 0.238. The first-order chi connectivity index (χ1) is 10.1. The molecule has 2 aromatic carbocycles. The van der Waals surface area contributed by atoms with Crippen LogP contribution in [0.3, 0.4) is 0 Å². The number of hydrogen-bond donors (Lipinski definition) is 2. The summed E-state index contributed by atoms with van der Waals surface area (Å²) in [6.07, 6.45) is 0.926. The molecule has 0 spiro atoms. The lowest BCUT2D eigenvalue weighted by Crippen LogP contribution is -2.13. The third-order valence-electron chi connectivity index (χ3n) is 3.45. The summed E-state index contributed by atoms with van der Waals surface area (Å²) in [6, 6.07) is 12.1. The molecule has 6 heteroatoms. The molecule has 0 saturated heterocycles. The summed E-state index contributed by atoms with van der Waals surface area (Å²) in [5.74, 6) is 0.486. The van der Waals surface area contributed by atoms with Gasteiger partial charge in [-0.2, -0.15) is 0 Å². The van der Waals surface area contributed by atoms with Gasteiger partial charge in [0.15, 0.2) is 0 Å². The number of rotatable bonds is 4. The number of fused-ring (bicyclic) bond motifs is 1. The summed E-state index contributed by atoms with van der Waals surface area (Å²) in [6.45, 7) is 0.846. The van der Waals surface area contributed by atoms with E-state index in [9.17, 15) is 8.42 Å². The van der Waals surface area contributed by atoms with Gasteiger partial charge >= 0.3 is 0 Å². The molecule has 0 amide bonds. The second kappa shape index (κ2) is 5.29. The lowest BCUT2D eigenvalue weighted by atomic mass is 10.2. The van der Waals surface area contributed by atoms with Gasteiger partial charge < -0.3 is 10.1 Å². The molecule has 1 aliphatic rings. The van der Waals surface area contributed by atoms with E-state index in [4.69, 9.17) is 4.74 Å². The standard InChI is InChI=1S/C15H16N2O3S/c1-20-15-5-3-2-4-13(15)17-21(18,19)12-7-6-11-8-9-16-14(11)10-12/h2-7,10,16-17H,8-9H2,1H3. The summed E-state index contributed by atoms with van der Waals surface area (Å²) in [7, 11) is -2.13. The topological polar surface area (TPSA) is 67.4 Å². The van der Waals surface area contributed by atoms with Crippen LogP contribution in [0, 0.1) is 0 Å². The number of anilines is 2. The van der Waals surface area contributed by atoms with E-state index in [-0.39, 0.29) is 4.90 Å². The van der Waals surface area contributed by atoms with Crippen LogP contribution in [0.15, 0.2) is 47.4 Å². The van der Waals surface area contributed by atoms with Crippen molar-refractivity contribution in [2.75, 3.05) is 23.7 Å². The monoisotopic (exact) mass is 304 g/mol. The fraction of sp³-hybridized carbons (Fsp3) is 0.200. The Morgan fingerprint density at radius 1 is 1.19 bits per heavy atom. The van der Waals surface area contributed by atoms with E-state index in [1.54, 1.807) is 36.4 Å². The SMILES string of the molecule is COc1ccccc1NS(=O)(=O)c1ccc2c(c1)NCC2. The van der Waals surface area contributed by atoms with Gasteiger partial charge in [0.2, 0.25) is 0 Å². The molecule has 0 fully saturated rings. The predicted octanol–water partition coefficient (Wildman–Crippen LogP) is 2.46. The van der Waals surface area contributed by atoms with Crippen molar-refractivity contribution >= 4 is 21.4 Å². The van der Waals surface area contributed by atoms with Gasteiger partial charge in [-0.1, -0.05) is 18.2 Å². The Labute approximate surface area is 124 Å². The Bertz CT molecular complexity index is 772. The molecule has 110 valence electrons. The highest BCUT2D eigenvalue weighted by atomic mass is 32.2. The molecule has 0 atom stereocenters. The largest absolute Gasteiger partial charge is 0.495 e. The normalized spacial score (nSPS) is 13.4. The zero-order valence-corrected chi connectivity index (χ0v) is 12.4. The maximum absolute atomic E-state index is 12.5. The molecule has 2 N–H and O–H groups in total. The zero-order chi connectivity index (χ0) is 14.9. The molecule has 0 unspecified atom stereocenters. The molecule has 0 aliphatic carbocycles. The van der Waals surface area contributed by atoms with Gasteiger partial charge in [-0.3, -0.25) is 4.72 Å². The van der Waals surface area contributed by atoms with E-state index in [0.717, 1.165) is 24.2 Å². The van der Waals surface area contributed by atoms with Crippen molar-refractivity contribution in [3.05, 3.63) is 48.0 Å². The molecular formula is C15H16N2O3S. The molecular weight excluding hydrogens is 288 g/mol. The van der Waals surface area contributed by atoms with E-state index in [0.29, 0.717) is 11.4 Å². The van der Waals surface area contributed by atoms with Crippen LogP contribution >= 0.6 is 0 Å². The van der Waals surface area contributed by atoms with Gasteiger partial charge in [-0.25, -0.2) is 8.42 Å². The first-order valence-electron chi connectivity index (χ1n) is 6.63. The summed E-state index contributed by atoms with van der Waals surface area (Å²) >= 11 is 0. The molecule has 2 aromatic rings. The Morgan fingerprint density at radius 3 is 2.81 bits per heavy atom. The van der Waals surface area contributed by atoms with Gasteiger partial charge in [0.1, 0.15) is 5.75 Å². The summed E-state index contributed by atoms with van der Waals surface area (Å²) in [5, 5.41) is 3.18. The van der Waals surface area contributed by atoms with E-state index in [1.165, 1.54) is 7.11 Å². The van der Waals surface area contributed by atoms with Crippen molar-refractivity contribution in [3.8, 4) is 5.75 Å². The minimum Gasteiger partial charge on any atom is -0.495 e. The molecule has 0 saturated carbocycles. The molecule has 0 bridgehead atoms. The Hall–Kier alpha value is -2.21. The first-order valence-corrected chi connectivity index (χ1v) is 8.11. The second-order valence-corrected chi connectivity index (χ2v) is 6.48. The Balaban J connectivity index is 1.94. The van der Waals surface area contributed by atoms with Gasteiger partial charge in [0.25, 0.3) is 10.0 Å². The highest BCUT2D eigenvalue weighted by Crippen LogP contribution is 2.29. The quantitative estimate of drug-likeness (QED) is 0.910. The minimum absolute atomic E-state index is 0.238. The number of hydrogen-bond acceptors (Lipinski definition) is 4. The molecule has 1 heterocycles. The van der Waals surface area contributed by atoms with Crippen LogP contribution in [0.5, 0.6) is 5.75 Å². The molecule has 3 rings (SSSR count). The highest BCUT2D eigenvalue weighted by Gasteiger charge is 2.19. The van der Waals surface area contributed by atoms with Gasteiger partial charge in [0.05, 0.1) is 17.7 Å². The number of para-hydroxylation sites is 2.